The summed E-state index contributed by atoms with van der Waals surface area (Å²) in [6.07, 6.45) is 0.740. The number of nitrogens with two attached hydrogens (primary N) is 1. The number of hydrogen-bond donors (Lipinski definition) is 3. The van der Waals surface area contributed by atoms with E-state index in [1.54, 1.807) is 12.1 Å². The predicted octanol–water partition coefficient (Wildman–Crippen LogP) is 0.238. The van der Waals surface area contributed by atoms with Crippen molar-refractivity contribution in [1.82, 2.24) is 15.2 Å². The fourth-order valence-corrected chi connectivity index (χ4v) is 1.66. The number of nitrogens with zero attached hydrogens (tertiary/aromatic N) is 2. The predicted molar refractivity (Wildman–Crippen MR) is 83.1 cm³/mol. The highest BCUT2D eigenvalue weighted by molar-refractivity contribution is 5.94. The molecule has 0 aromatic carbocycles. The molecule has 7 heteroatoms. The molecule has 1 amide bonds. The second-order valence-electron chi connectivity index (χ2n) is 4.90. The van der Waals surface area contributed by atoms with Gasteiger partial charge in [-0.2, -0.15) is 0 Å². The van der Waals surface area contributed by atoms with Gasteiger partial charge in [-0.1, -0.05) is 6.92 Å². The maximum Gasteiger partial charge on any atom is 0.251 e. The van der Waals surface area contributed by atoms with E-state index in [0.29, 0.717) is 31.1 Å². The van der Waals surface area contributed by atoms with Crippen molar-refractivity contribution in [3.63, 3.8) is 0 Å². The first-order valence-corrected chi connectivity index (χ1v) is 7.05. The number of anilines is 1. The molecule has 1 aromatic heterocycles. The van der Waals surface area contributed by atoms with Crippen molar-refractivity contribution in [2.24, 2.45) is 5.84 Å². The van der Waals surface area contributed by atoms with E-state index in [1.165, 1.54) is 0 Å². The molecule has 4 N–H and O–H groups in total. The standard InChI is InChI=1S/C14H25N5O2/c1-4-12-9-11(10-13(17-12)18-15)14(20)16-5-7-21-8-6-19(2)3/h9-10H,4-8,15H2,1-3H3,(H,16,20)(H,17,18). The summed E-state index contributed by atoms with van der Waals surface area (Å²) in [5, 5.41) is 2.82. The summed E-state index contributed by atoms with van der Waals surface area (Å²) in [5.74, 6) is 5.69. The van der Waals surface area contributed by atoms with Crippen LogP contribution in [0.25, 0.3) is 0 Å². The van der Waals surface area contributed by atoms with Crippen LogP contribution in [0.4, 0.5) is 5.82 Å². The van der Waals surface area contributed by atoms with Crippen LogP contribution in [0.1, 0.15) is 23.0 Å². The van der Waals surface area contributed by atoms with Crippen molar-refractivity contribution in [2.45, 2.75) is 13.3 Å². The lowest BCUT2D eigenvalue weighted by atomic mass is 10.2. The third kappa shape index (κ3) is 6.52. The number of ether oxygens (including phenoxy) is 1. The van der Waals surface area contributed by atoms with Gasteiger partial charge in [0.1, 0.15) is 5.82 Å². The Morgan fingerprint density at radius 2 is 2.14 bits per heavy atom. The van der Waals surface area contributed by atoms with Crippen LogP contribution in [0.3, 0.4) is 0 Å². The van der Waals surface area contributed by atoms with Crippen molar-refractivity contribution in [3.8, 4) is 0 Å². The first-order valence-electron chi connectivity index (χ1n) is 7.05. The largest absolute Gasteiger partial charge is 0.378 e. The van der Waals surface area contributed by atoms with Crippen molar-refractivity contribution >= 4 is 11.7 Å². The van der Waals surface area contributed by atoms with Crippen molar-refractivity contribution in [1.29, 1.82) is 0 Å². The minimum absolute atomic E-state index is 0.153. The fourth-order valence-electron chi connectivity index (χ4n) is 1.66. The summed E-state index contributed by atoms with van der Waals surface area (Å²) in [6.45, 7) is 4.46. The van der Waals surface area contributed by atoms with E-state index in [0.717, 1.165) is 18.7 Å². The Kier molecular flexibility index (Phi) is 7.66. The first-order chi connectivity index (χ1) is 10.1. The zero-order valence-corrected chi connectivity index (χ0v) is 13.0. The molecule has 0 saturated carbocycles. The van der Waals surface area contributed by atoms with Gasteiger partial charge in [-0.15, -0.1) is 0 Å². The molecule has 1 aromatic rings. The Labute approximate surface area is 125 Å². The second-order valence-corrected chi connectivity index (χ2v) is 4.90. The number of pyridine rings is 1. The van der Waals surface area contributed by atoms with Crippen LogP contribution in [0.2, 0.25) is 0 Å². The molecule has 1 heterocycles. The van der Waals surface area contributed by atoms with Gasteiger partial charge in [0.15, 0.2) is 0 Å². The number of aryl methyl sites for hydroxylation is 1. The van der Waals surface area contributed by atoms with Gasteiger partial charge < -0.3 is 20.4 Å². The Morgan fingerprint density at radius 1 is 1.38 bits per heavy atom. The maximum absolute atomic E-state index is 12.1. The molecular formula is C14H25N5O2. The van der Waals surface area contributed by atoms with E-state index < -0.39 is 0 Å². The second kappa shape index (κ2) is 9.28. The van der Waals surface area contributed by atoms with Gasteiger partial charge in [0.2, 0.25) is 0 Å². The maximum atomic E-state index is 12.1. The summed E-state index contributed by atoms with van der Waals surface area (Å²) in [6, 6.07) is 3.39. The van der Waals surface area contributed by atoms with E-state index in [2.05, 4.69) is 15.7 Å². The number of rotatable bonds is 9. The Morgan fingerprint density at radius 3 is 2.76 bits per heavy atom. The third-order valence-electron chi connectivity index (χ3n) is 2.87. The molecule has 0 radical (unpaired) electrons. The highest BCUT2D eigenvalue weighted by Gasteiger charge is 2.08. The molecule has 1 rings (SSSR count). The van der Waals surface area contributed by atoms with Crippen molar-refractivity contribution in [3.05, 3.63) is 23.4 Å². The number of likely N-dealkylation sites (N-methyl/N-ethyl adjacent to an activating group) is 1. The summed E-state index contributed by atoms with van der Waals surface area (Å²) in [4.78, 5) is 18.3. The van der Waals surface area contributed by atoms with Crippen LogP contribution >= 0.6 is 0 Å². The van der Waals surface area contributed by atoms with Gasteiger partial charge in [-0.05, 0) is 32.6 Å². The van der Waals surface area contributed by atoms with E-state index >= 15 is 0 Å². The Balaban J connectivity index is 2.41. The van der Waals surface area contributed by atoms with E-state index in [-0.39, 0.29) is 5.91 Å². The number of carbonyl (C=O) groups is 1. The first kappa shape index (κ1) is 17.4. The smallest absolute Gasteiger partial charge is 0.251 e. The number of amides is 1. The molecule has 0 aliphatic rings. The lowest BCUT2D eigenvalue weighted by Gasteiger charge is -2.11. The van der Waals surface area contributed by atoms with Crippen LogP contribution in [0.15, 0.2) is 12.1 Å². The summed E-state index contributed by atoms with van der Waals surface area (Å²) in [7, 11) is 3.98. The molecule has 0 aliphatic carbocycles. The van der Waals surface area contributed by atoms with Crippen molar-refractivity contribution < 1.29 is 9.53 Å². The van der Waals surface area contributed by atoms with Gasteiger partial charge >= 0.3 is 0 Å². The lowest BCUT2D eigenvalue weighted by molar-refractivity contribution is 0.0900. The number of hydrogen-bond acceptors (Lipinski definition) is 6. The number of hydrazine groups is 1. The van der Waals surface area contributed by atoms with E-state index in [9.17, 15) is 4.79 Å². The van der Waals surface area contributed by atoms with Crippen LogP contribution in [0.5, 0.6) is 0 Å². The van der Waals surface area contributed by atoms with Gasteiger partial charge in [-0.25, -0.2) is 10.8 Å². The zero-order chi connectivity index (χ0) is 15.7. The van der Waals surface area contributed by atoms with E-state index in [1.807, 2.05) is 25.9 Å². The monoisotopic (exact) mass is 295 g/mol. The lowest BCUT2D eigenvalue weighted by Crippen LogP contribution is -2.28. The highest BCUT2D eigenvalue weighted by Crippen LogP contribution is 2.10. The molecule has 7 nitrogen and oxygen atoms in total. The van der Waals surface area contributed by atoms with E-state index in [4.69, 9.17) is 10.6 Å². The normalized spacial score (nSPS) is 10.7. The van der Waals surface area contributed by atoms with Gasteiger partial charge in [-0.3, -0.25) is 4.79 Å². The topological polar surface area (TPSA) is 92.5 Å². The minimum atomic E-state index is -0.153. The Hall–Kier alpha value is -1.70. The van der Waals surface area contributed by atoms with Gasteiger partial charge in [0, 0.05) is 24.3 Å². The minimum Gasteiger partial charge on any atom is -0.378 e. The summed E-state index contributed by atoms with van der Waals surface area (Å²) < 4.78 is 5.42. The molecule has 0 unspecified atom stereocenters. The molecular weight excluding hydrogens is 270 g/mol. The number of nitrogen functional groups attached to an aromatic ring is 1. The molecule has 0 aliphatic heterocycles. The summed E-state index contributed by atoms with van der Waals surface area (Å²) in [5.41, 5.74) is 3.83. The molecule has 0 saturated heterocycles. The molecule has 0 bridgehead atoms. The van der Waals surface area contributed by atoms with Crippen LogP contribution in [-0.2, 0) is 11.2 Å². The molecule has 0 atom stereocenters. The number of carbonyl (C=O) groups excluding carboxylic acids is 1. The third-order valence-corrected chi connectivity index (χ3v) is 2.87. The number of nitrogens with one attached hydrogen (secondary N) is 2. The molecule has 0 fully saturated rings. The average molecular weight is 295 g/mol. The van der Waals surface area contributed by atoms with Gasteiger partial charge in [0.25, 0.3) is 5.91 Å². The van der Waals surface area contributed by atoms with Crippen molar-refractivity contribution in [2.75, 3.05) is 45.8 Å². The molecule has 0 spiro atoms. The average Bonchev–Trinajstić information content (AvgIpc) is 2.49. The SMILES string of the molecule is CCc1cc(C(=O)NCCOCCN(C)C)cc(NN)n1. The number of aromatic nitrogens is 1. The highest BCUT2D eigenvalue weighted by atomic mass is 16.5. The van der Waals surface area contributed by atoms with Crippen LogP contribution < -0.4 is 16.6 Å². The summed E-state index contributed by atoms with van der Waals surface area (Å²) >= 11 is 0. The van der Waals surface area contributed by atoms with Gasteiger partial charge in [0.05, 0.1) is 13.2 Å². The molecule has 118 valence electrons. The van der Waals surface area contributed by atoms with Crippen LogP contribution in [-0.4, -0.2) is 56.2 Å². The van der Waals surface area contributed by atoms with Crippen LogP contribution in [0, 0.1) is 0 Å². The molecule has 21 heavy (non-hydrogen) atoms. The Bertz CT molecular complexity index is 429. The fraction of sp³-hybridized carbons (Fsp3) is 0.571. The quantitative estimate of drug-likeness (QED) is 0.343. The zero-order valence-electron chi connectivity index (χ0n) is 13.0.